The lowest BCUT2D eigenvalue weighted by atomic mass is 9.87. The van der Waals surface area contributed by atoms with Crippen LogP contribution in [0.1, 0.15) is 45.6 Å². The zero-order valence-corrected chi connectivity index (χ0v) is 16.3. The predicted molar refractivity (Wildman–Crippen MR) is 95.3 cm³/mol. The molecule has 0 unspecified atom stereocenters. The molecule has 0 spiro atoms. The Morgan fingerprint density at radius 2 is 1.52 bits per heavy atom. The second kappa shape index (κ2) is 8.56. The van der Waals surface area contributed by atoms with Crippen LogP contribution in [0.3, 0.4) is 0 Å². The maximum Gasteiger partial charge on any atom is 0.264 e. The van der Waals surface area contributed by atoms with E-state index in [1.54, 1.807) is 0 Å². The minimum absolute atomic E-state index is 0.0363. The van der Waals surface area contributed by atoms with Gasteiger partial charge in [-0.2, -0.15) is 8.42 Å². The molecule has 0 aliphatic carbocycles. The van der Waals surface area contributed by atoms with Crippen molar-refractivity contribution in [1.29, 1.82) is 0 Å². The third-order valence-electron chi connectivity index (χ3n) is 3.20. The SMILES string of the molecule is CC(C)(C)c1cc(Cl)c(OCCCCCOS(C)(=O)=O)c(Cl)c1. The number of rotatable bonds is 8. The van der Waals surface area contributed by atoms with Crippen molar-refractivity contribution in [3.05, 3.63) is 27.7 Å². The highest BCUT2D eigenvalue weighted by Crippen LogP contribution is 2.37. The number of hydrogen-bond donors (Lipinski definition) is 0. The molecule has 0 amide bonds. The van der Waals surface area contributed by atoms with Crippen molar-refractivity contribution in [2.75, 3.05) is 19.5 Å². The van der Waals surface area contributed by atoms with Crippen LogP contribution in [-0.4, -0.2) is 27.9 Å². The van der Waals surface area contributed by atoms with E-state index in [-0.39, 0.29) is 12.0 Å². The summed E-state index contributed by atoms with van der Waals surface area (Å²) >= 11 is 12.5. The fourth-order valence-corrected chi connectivity index (χ4v) is 2.91. The van der Waals surface area contributed by atoms with Gasteiger partial charge in [-0.15, -0.1) is 0 Å². The van der Waals surface area contributed by atoms with E-state index in [0.29, 0.717) is 28.8 Å². The molecule has 0 N–H and O–H groups in total. The van der Waals surface area contributed by atoms with Gasteiger partial charge < -0.3 is 4.74 Å². The molecule has 0 saturated heterocycles. The van der Waals surface area contributed by atoms with Crippen molar-refractivity contribution in [1.82, 2.24) is 0 Å². The van der Waals surface area contributed by atoms with Crippen LogP contribution in [0.4, 0.5) is 0 Å². The highest BCUT2D eigenvalue weighted by Gasteiger charge is 2.18. The Kier molecular flexibility index (Phi) is 7.65. The number of ether oxygens (including phenoxy) is 1. The first-order valence-corrected chi connectivity index (χ1v) is 10.0. The van der Waals surface area contributed by atoms with E-state index < -0.39 is 10.1 Å². The lowest BCUT2D eigenvalue weighted by molar-refractivity contribution is 0.283. The Labute approximate surface area is 149 Å². The summed E-state index contributed by atoms with van der Waals surface area (Å²) in [6.45, 7) is 6.93. The number of halogens is 2. The van der Waals surface area contributed by atoms with Gasteiger partial charge in [0.1, 0.15) is 0 Å². The standard InChI is InChI=1S/C16H24Cl2O4S/c1-16(2,3)12-10-13(17)15(14(18)11-12)21-8-6-5-7-9-22-23(4,19)20/h10-11H,5-9H2,1-4H3. The molecular formula is C16H24Cl2O4S. The average molecular weight is 383 g/mol. The van der Waals surface area contributed by atoms with Crippen LogP contribution in [0.15, 0.2) is 12.1 Å². The number of hydrogen-bond acceptors (Lipinski definition) is 4. The molecule has 0 fully saturated rings. The molecule has 0 aromatic heterocycles. The van der Waals surface area contributed by atoms with Crippen molar-refractivity contribution in [3.63, 3.8) is 0 Å². The van der Waals surface area contributed by atoms with E-state index in [2.05, 4.69) is 25.0 Å². The van der Waals surface area contributed by atoms with Crippen LogP contribution in [0, 0.1) is 0 Å². The summed E-state index contributed by atoms with van der Waals surface area (Å²) in [5.41, 5.74) is 1.02. The minimum atomic E-state index is -3.35. The maximum absolute atomic E-state index is 10.8. The monoisotopic (exact) mass is 382 g/mol. The summed E-state index contributed by atoms with van der Waals surface area (Å²) in [6.07, 6.45) is 3.26. The molecule has 0 radical (unpaired) electrons. The minimum Gasteiger partial charge on any atom is -0.490 e. The molecule has 1 rings (SSSR count). The summed E-state index contributed by atoms with van der Waals surface area (Å²) in [5.74, 6) is 0.494. The van der Waals surface area contributed by atoms with E-state index in [1.807, 2.05) is 12.1 Å². The molecule has 0 aliphatic heterocycles. The lowest BCUT2D eigenvalue weighted by Crippen LogP contribution is -2.11. The normalized spacial score (nSPS) is 12.4. The van der Waals surface area contributed by atoms with Gasteiger partial charge in [0, 0.05) is 0 Å². The van der Waals surface area contributed by atoms with Gasteiger partial charge in [-0.3, -0.25) is 4.18 Å². The summed E-state index contributed by atoms with van der Waals surface area (Å²) < 4.78 is 31.9. The van der Waals surface area contributed by atoms with E-state index in [4.69, 9.17) is 27.9 Å². The van der Waals surface area contributed by atoms with Crippen molar-refractivity contribution in [2.24, 2.45) is 0 Å². The third kappa shape index (κ3) is 7.75. The van der Waals surface area contributed by atoms with Crippen LogP contribution in [0.25, 0.3) is 0 Å². The van der Waals surface area contributed by atoms with Crippen molar-refractivity contribution < 1.29 is 17.3 Å². The molecular weight excluding hydrogens is 359 g/mol. The first kappa shape index (κ1) is 20.6. The van der Waals surface area contributed by atoms with Gasteiger partial charge in [0.05, 0.1) is 29.5 Å². The Morgan fingerprint density at radius 3 is 2.00 bits per heavy atom. The second-order valence-corrected chi connectivity index (χ2v) is 8.91. The topological polar surface area (TPSA) is 52.6 Å². The predicted octanol–water partition coefficient (Wildman–Crippen LogP) is 4.82. The first-order valence-electron chi connectivity index (χ1n) is 7.47. The number of unbranched alkanes of at least 4 members (excludes halogenated alkanes) is 2. The average Bonchev–Trinajstić information content (AvgIpc) is 2.37. The van der Waals surface area contributed by atoms with Gasteiger partial charge in [0.25, 0.3) is 10.1 Å². The molecule has 0 atom stereocenters. The summed E-state index contributed by atoms with van der Waals surface area (Å²) in [7, 11) is -3.35. The molecule has 1 aromatic carbocycles. The van der Waals surface area contributed by atoms with Crippen LogP contribution in [0.5, 0.6) is 5.75 Å². The molecule has 0 aliphatic rings. The van der Waals surface area contributed by atoms with E-state index in [1.165, 1.54) is 0 Å². The highest BCUT2D eigenvalue weighted by atomic mass is 35.5. The van der Waals surface area contributed by atoms with Gasteiger partial charge in [-0.05, 0) is 42.4 Å². The van der Waals surface area contributed by atoms with Crippen LogP contribution < -0.4 is 4.74 Å². The van der Waals surface area contributed by atoms with Crippen molar-refractivity contribution >= 4 is 33.3 Å². The molecule has 4 nitrogen and oxygen atoms in total. The highest BCUT2D eigenvalue weighted by molar-refractivity contribution is 7.85. The molecule has 23 heavy (non-hydrogen) atoms. The van der Waals surface area contributed by atoms with Gasteiger partial charge in [0.15, 0.2) is 5.75 Å². The first-order chi connectivity index (χ1) is 10.5. The molecule has 0 saturated carbocycles. The Bertz CT molecular complexity index is 598. The van der Waals surface area contributed by atoms with Crippen LogP contribution in [-0.2, 0) is 19.7 Å². The lowest BCUT2D eigenvalue weighted by Gasteiger charge is -2.21. The summed E-state index contributed by atoms with van der Waals surface area (Å²) in [5, 5.41) is 1.01. The maximum atomic E-state index is 10.8. The van der Waals surface area contributed by atoms with Gasteiger partial charge in [-0.1, -0.05) is 44.0 Å². The molecule has 1 aromatic rings. The van der Waals surface area contributed by atoms with Gasteiger partial charge in [0.2, 0.25) is 0 Å². The summed E-state index contributed by atoms with van der Waals surface area (Å²) in [6, 6.07) is 3.76. The quantitative estimate of drug-likeness (QED) is 0.477. The smallest absolute Gasteiger partial charge is 0.264 e. The van der Waals surface area contributed by atoms with Crippen LogP contribution >= 0.6 is 23.2 Å². The molecule has 0 heterocycles. The molecule has 7 heteroatoms. The third-order valence-corrected chi connectivity index (χ3v) is 4.35. The van der Waals surface area contributed by atoms with E-state index in [9.17, 15) is 8.42 Å². The largest absolute Gasteiger partial charge is 0.490 e. The van der Waals surface area contributed by atoms with Crippen molar-refractivity contribution in [2.45, 2.75) is 45.4 Å². The Morgan fingerprint density at radius 1 is 1.00 bits per heavy atom. The Balaban J connectivity index is 2.44. The molecule has 0 bridgehead atoms. The zero-order valence-electron chi connectivity index (χ0n) is 14.0. The Hall–Kier alpha value is -0.490. The number of benzene rings is 1. The second-order valence-electron chi connectivity index (χ2n) is 6.45. The van der Waals surface area contributed by atoms with Crippen molar-refractivity contribution in [3.8, 4) is 5.75 Å². The fourth-order valence-electron chi connectivity index (χ4n) is 1.90. The molecule has 132 valence electrons. The zero-order chi connectivity index (χ0) is 17.7. The van der Waals surface area contributed by atoms with E-state index in [0.717, 1.165) is 24.7 Å². The van der Waals surface area contributed by atoms with Gasteiger partial charge >= 0.3 is 0 Å². The fraction of sp³-hybridized carbons (Fsp3) is 0.625. The van der Waals surface area contributed by atoms with E-state index >= 15 is 0 Å². The van der Waals surface area contributed by atoms with Crippen LogP contribution in [0.2, 0.25) is 10.0 Å². The summed E-state index contributed by atoms with van der Waals surface area (Å²) in [4.78, 5) is 0. The van der Waals surface area contributed by atoms with Gasteiger partial charge in [-0.25, -0.2) is 0 Å².